The first-order valence-electron chi connectivity index (χ1n) is 7.50. The molecule has 2 heterocycles. The maximum atomic E-state index is 5.61. The molecule has 0 bridgehead atoms. The lowest BCUT2D eigenvalue weighted by Crippen LogP contribution is -2.47. The van der Waals surface area contributed by atoms with E-state index in [1.165, 1.54) is 11.3 Å². The normalized spacial score (nSPS) is 17.2. The van der Waals surface area contributed by atoms with Crippen LogP contribution in [-0.2, 0) is 6.54 Å². The van der Waals surface area contributed by atoms with E-state index in [2.05, 4.69) is 39.4 Å². The van der Waals surface area contributed by atoms with Crippen LogP contribution in [0.2, 0.25) is 0 Å². The summed E-state index contributed by atoms with van der Waals surface area (Å²) in [5.41, 5.74) is 8.01. The molecule has 1 aliphatic heterocycles. The number of hydrogen-bond acceptors (Lipinski definition) is 5. The zero-order valence-electron chi connectivity index (χ0n) is 12.2. The first kappa shape index (κ1) is 14.7. The molecule has 0 spiro atoms. The van der Waals surface area contributed by atoms with Gasteiger partial charge in [0.1, 0.15) is 5.01 Å². The van der Waals surface area contributed by atoms with Gasteiger partial charge in [-0.25, -0.2) is 4.98 Å². The van der Waals surface area contributed by atoms with Crippen LogP contribution < -0.4 is 5.73 Å². The average molecular weight is 302 g/mol. The van der Waals surface area contributed by atoms with E-state index in [1.54, 1.807) is 11.3 Å². The van der Waals surface area contributed by atoms with Gasteiger partial charge in [-0.3, -0.25) is 9.80 Å². The predicted octanol–water partition coefficient (Wildman–Crippen LogP) is 1.89. The Balaban J connectivity index is 1.56. The van der Waals surface area contributed by atoms with Crippen LogP contribution in [0, 0.1) is 0 Å². The number of aromatic nitrogens is 1. The van der Waals surface area contributed by atoms with Crippen LogP contribution in [0.15, 0.2) is 35.7 Å². The molecule has 1 aromatic carbocycles. The van der Waals surface area contributed by atoms with E-state index in [0.29, 0.717) is 0 Å². The molecule has 5 heteroatoms. The lowest BCUT2D eigenvalue weighted by atomic mass is 10.2. The molecule has 21 heavy (non-hydrogen) atoms. The highest BCUT2D eigenvalue weighted by atomic mass is 32.1. The first-order chi connectivity index (χ1) is 10.3. The molecule has 0 atom stereocenters. The highest BCUT2D eigenvalue weighted by Crippen LogP contribution is 2.24. The van der Waals surface area contributed by atoms with Crippen LogP contribution in [0.1, 0.15) is 5.69 Å². The largest absolute Gasteiger partial charge is 0.329 e. The quantitative estimate of drug-likeness (QED) is 0.916. The van der Waals surface area contributed by atoms with Crippen molar-refractivity contribution in [2.45, 2.75) is 6.54 Å². The predicted molar refractivity (Wildman–Crippen MR) is 88.3 cm³/mol. The Hall–Kier alpha value is -1.27. The molecule has 0 unspecified atom stereocenters. The molecule has 0 amide bonds. The van der Waals surface area contributed by atoms with Gasteiger partial charge in [0, 0.05) is 56.8 Å². The standard InChI is InChI=1S/C16H22N4S/c17-6-7-19-8-10-20(11-9-19)12-15-13-21-16(18-15)14-4-2-1-3-5-14/h1-5,13H,6-12,17H2. The number of benzene rings is 1. The fourth-order valence-electron chi connectivity index (χ4n) is 2.68. The van der Waals surface area contributed by atoms with Crippen LogP contribution in [0.3, 0.4) is 0 Å². The minimum atomic E-state index is 0.756. The number of nitrogens with zero attached hydrogens (tertiary/aromatic N) is 3. The molecular formula is C16H22N4S. The van der Waals surface area contributed by atoms with Crippen molar-refractivity contribution in [2.24, 2.45) is 5.73 Å². The van der Waals surface area contributed by atoms with Crippen LogP contribution >= 0.6 is 11.3 Å². The van der Waals surface area contributed by atoms with Crippen molar-refractivity contribution in [3.63, 3.8) is 0 Å². The number of thiazole rings is 1. The summed E-state index contributed by atoms with van der Waals surface area (Å²) in [6.45, 7) is 7.19. The molecule has 1 fully saturated rings. The third kappa shape index (κ3) is 3.89. The van der Waals surface area contributed by atoms with Gasteiger partial charge < -0.3 is 5.73 Å². The SMILES string of the molecule is NCCN1CCN(Cc2csc(-c3ccccc3)n2)CC1. The summed E-state index contributed by atoms with van der Waals surface area (Å²) in [5.74, 6) is 0. The van der Waals surface area contributed by atoms with E-state index >= 15 is 0 Å². The summed E-state index contributed by atoms with van der Waals surface area (Å²) in [4.78, 5) is 9.69. The molecule has 112 valence electrons. The third-order valence-electron chi connectivity index (χ3n) is 3.87. The molecule has 1 aromatic heterocycles. The van der Waals surface area contributed by atoms with Gasteiger partial charge in [-0.05, 0) is 0 Å². The van der Waals surface area contributed by atoms with Crippen LogP contribution in [0.5, 0.6) is 0 Å². The van der Waals surface area contributed by atoms with Crippen molar-refractivity contribution in [3.8, 4) is 10.6 Å². The first-order valence-corrected chi connectivity index (χ1v) is 8.38. The van der Waals surface area contributed by atoms with Crippen molar-refractivity contribution < 1.29 is 0 Å². The highest BCUT2D eigenvalue weighted by molar-refractivity contribution is 7.13. The minimum absolute atomic E-state index is 0.756. The number of rotatable bonds is 5. The Morgan fingerprint density at radius 2 is 1.76 bits per heavy atom. The molecular weight excluding hydrogens is 280 g/mol. The molecule has 0 saturated carbocycles. The summed E-state index contributed by atoms with van der Waals surface area (Å²) in [5, 5.41) is 3.31. The van der Waals surface area contributed by atoms with Crippen LogP contribution in [0.25, 0.3) is 10.6 Å². The average Bonchev–Trinajstić information content (AvgIpc) is 2.99. The lowest BCUT2D eigenvalue weighted by molar-refractivity contribution is 0.129. The highest BCUT2D eigenvalue weighted by Gasteiger charge is 2.17. The fraction of sp³-hybridized carbons (Fsp3) is 0.438. The molecule has 0 aliphatic carbocycles. The van der Waals surface area contributed by atoms with E-state index in [0.717, 1.165) is 50.8 Å². The lowest BCUT2D eigenvalue weighted by Gasteiger charge is -2.34. The van der Waals surface area contributed by atoms with Gasteiger partial charge in [0.2, 0.25) is 0 Å². The van der Waals surface area contributed by atoms with Crippen LogP contribution in [-0.4, -0.2) is 54.1 Å². The van der Waals surface area contributed by atoms with E-state index in [4.69, 9.17) is 10.7 Å². The Morgan fingerprint density at radius 3 is 2.48 bits per heavy atom. The van der Waals surface area contributed by atoms with Gasteiger partial charge in [-0.2, -0.15) is 0 Å². The van der Waals surface area contributed by atoms with Gasteiger partial charge in [0.05, 0.1) is 5.69 Å². The number of nitrogens with two attached hydrogens (primary N) is 1. The fourth-order valence-corrected chi connectivity index (χ4v) is 3.49. The zero-order valence-corrected chi connectivity index (χ0v) is 13.1. The van der Waals surface area contributed by atoms with Gasteiger partial charge in [0.25, 0.3) is 0 Å². The topological polar surface area (TPSA) is 45.4 Å². The summed E-state index contributed by atoms with van der Waals surface area (Å²) in [6, 6.07) is 10.4. The summed E-state index contributed by atoms with van der Waals surface area (Å²) in [6.07, 6.45) is 0. The maximum absolute atomic E-state index is 5.61. The Bertz CT molecular complexity index is 546. The van der Waals surface area contributed by atoms with Gasteiger partial charge in [0.15, 0.2) is 0 Å². The van der Waals surface area contributed by atoms with Crippen molar-refractivity contribution in [3.05, 3.63) is 41.4 Å². The van der Waals surface area contributed by atoms with Gasteiger partial charge in [-0.15, -0.1) is 11.3 Å². The molecule has 2 N–H and O–H groups in total. The summed E-state index contributed by atoms with van der Waals surface area (Å²) < 4.78 is 0. The Morgan fingerprint density at radius 1 is 1.05 bits per heavy atom. The van der Waals surface area contributed by atoms with Crippen molar-refractivity contribution in [1.29, 1.82) is 0 Å². The molecule has 1 aliphatic rings. The zero-order chi connectivity index (χ0) is 14.5. The van der Waals surface area contributed by atoms with E-state index in [9.17, 15) is 0 Å². The molecule has 1 saturated heterocycles. The van der Waals surface area contributed by atoms with E-state index in [1.807, 2.05) is 6.07 Å². The molecule has 3 rings (SSSR count). The number of piperazine rings is 1. The molecule has 0 radical (unpaired) electrons. The second-order valence-corrected chi connectivity index (χ2v) is 6.27. The Labute approximate surface area is 130 Å². The summed E-state index contributed by atoms with van der Waals surface area (Å²) in [7, 11) is 0. The van der Waals surface area contributed by atoms with Gasteiger partial charge >= 0.3 is 0 Å². The van der Waals surface area contributed by atoms with Crippen LogP contribution in [0.4, 0.5) is 0 Å². The van der Waals surface area contributed by atoms with Gasteiger partial charge in [-0.1, -0.05) is 30.3 Å². The third-order valence-corrected chi connectivity index (χ3v) is 4.81. The maximum Gasteiger partial charge on any atom is 0.123 e. The minimum Gasteiger partial charge on any atom is -0.329 e. The van der Waals surface area contributed by atoms with Crippen molar-refractivity contribution >= 4 is 11.3 Å². The molecule has 4 nitrogen and oxygen atoms in total. The van der Waals surface area contributed by atoms with E-state index < -0.39 is 0 Å². The number of hydrogen-bond donors (Lipinski definition) is 1. The summed E-state index contributed by atoms with van der Waals surface area (Å²) >= 11 is 1.74. The van der Waals surface area contributed by atoms with E-state index in [-0.39, 0.29) is 0 Å². The van der Waals surface area contributed by atoms with Crippen molar-refractivity contribution in [2.75, 3.05) is 39.3 Å². The monoisotopic (exact) mass is 302 g/mol. The smallest absolute Gasteiger partial charge is 0.123 e. The molecule has 2 aromatic rings. The van der Waals surface area contributed by atoms with Crippen molar-refractivity contribution in [1.82, 2.24) is 14.8 Å². The second kappa shape index (κ2) is 7.13. The second-order valence-electron chi connectivity index (χ2n) is 5.42. The Kier molecular flexibility index (Phi) is 4.98.